The molecule has 0 radical (unpaired) electrons. The summed E-state index contributed by atoms with van der Waals surface area (Å²) in [6.07, 6.45) is 3.07. The van der Waals surface area contributed by atoms with E-state index in [1.807, 2.05) is 13.8 Å². The number of hydrogen-bond donors (Lipinski definition) is 1. The molecule has 1 aliphatic heterocycles. The molecule has 1 saturated heterocycles. The Morgan fingerprint density at radius 3 is 2.19 bits per heavy atom. The Bertz CT molecular complexity index is 676. The van der Waals surface area contributed by atoms with Gasteiger partial charge in [-0.05, 0) is 50.1 Å². The number of hydrogen-bond acceptors (Lipinski definition) is 4. The molecule has 1 amide bonds. The van der Waals surface area contributed by atoms with Gasteiger partial charge in [0.15, 0.2) is 0 Å². The second kappa shape index (κ2) is 9.48. The third kappa shape index (κ3) is 5.05. The molecule has 1 aliphatic rings. The molecule has 1 N–H and O–H groups in total. The number of sulfonamides is 1. The third-order valence-electron chi connectivity index (χ3n) is 4.92. The predicted molar refractivity (Wildman–Crippen MR) is 104 cm³/mol. The van der Waals surface area contributed by atoms with Crippen LogP contribution in [0, 0.1) is 0 Å². The molecule has 6 nitrogen and oxygen atoms in total. The molecular formula is C19H31N3O3S. The zero-order valence-electron chi connectivity index (χ0n) is 16.1. The number of nitrogens with one attached hydrogen (secondary N) is 1. The molecule has 0 saturated carbocycles. The third-order valence-corrected chi connectivity index (χ3v) is 6.99. The van der Waals surface area contributed by atoms with E-state index in [0.29, 0.717) is 18.7 Å². The van der Waals surface area contributed by atoms with E-state index < -0.39 is 10.0 Å². The Balaban J connectivity index is 1.97. The monoisotopic (exact) mass is 381 g/mol. The van der Waals surface area contributed by atoms with Crippen molar-refractivity contribution in [3.05, 3.63) is 29.8 Å². The van der Waals surface area contributed by atoms with Crippen molar-refractivity contribution in [1.29, 1.82) is 0 Å². The van der Waals surface area contributed by atoms with E-state index in [2.05, 4.69) is 17.1 Å². The van der Waals surface area contributed by atoms with Gasteiger partial charge in [-0.25, -0.2) is 8.42 Å². The summed E-state index contributed by atoms with van der Waals surface area (Å²) in [5.74, 6) is -0.134. The number of benzene rings is 1. The lowest BCUT2D eigenvalue weighted by atomic mass is 10.0. The summed E-state index contributed by atoms with van der Waals surface area (Å²) in [6, 6.07) is 6.42. The molecule has 0 atom stereocenters. The van der Waals surface area contributed by atoms with E-state index in [9.17, 15) is 13.2 Å². The summed E-state index contributed by atoms with van der Waals surface area (Å²) >= 11 is 0. The maximum absolute atomic E-state index is 12.5. The summed E-state index contributed by atoms with van der Waals surface area (Å²) in [6.45, 7) is 9.81. The Labute approximate surface area is 157 Å². The number of carbonyl (C=O) groups excluding carboxylic acids is 1. The number of rotatable bonds is 8. The molecule has 1 aromatic carbocycles. The molecule has 26 heavy (non-hydrogen) atoms. The first kappa shape index (κ1) is 20.9. The molecule has 0 unspecified atom stereocenters. The number of piperidine rings is 1. The number of amides is 1. The summed E-state index contributed by atoms with van der Waals surface area (Å²) < 4.78 is 26.4. The van der Waals surface area contributed by atoms with Gasteiger partial charge >= 0.3 is 0 Å². The molecular weight excluding hydrogens is 350 g/mol. The van der Waals surface area contributed by atoms with E-state index in [4.69, 9.17) is 0 Å². The van der Waals surface area contributed by atoms with Gasteiger partial charge in [0.25, 0.3) is 5.91 Å². The molecule has 1 heterocycles. The van der Waals surface area contributed by atoms with Crippen molar-refractivity contribution in [2.75, 3.05) is 32.7 Å². The molecule has 146 valence electrons. The van der Waals surface area contributed by atoms with Crippen molar-refractivity contribution in [2.45, 2.75) is 51.0 Å². The van der Waals surface area contributed by atoms with Crippen LogP contribution in [0.15, 0.2) is 29.2 Å². The van der Waals surface area contributed by atoms with Gasteiger partial charge in [0, 0.05) is 37.8 Å². The molecule has 7 heteroatoms. The maximum Gasteiger partial charge on any atom is 0.251 e. The quantitative estimate of drug-likeness (QED) is 0.750. The lowest BCUT2D eigenvalue weighted by molar-refractivity contribution is 0.0911. The van der Waals surface area contributed by atoms with Crippen molar-refractivity contribution in [1.82, 2.24) is 14.5 Å². The molecule has 0 spiro atoms. The van der Waals surface area contributed by atoms with E-state index in [-0.39, 0.29) is 16.8 Å². The van der Waals surface area contributed by atoms with Gasteiger partial charge < -0.3 is 10.2 Å². The van der Waals surface area contributed by atoms with Gasteiger partial charge in [-0.15, -0.1) is 0 Å². The van der Waals surface area contributed by atoms with Crippen molar-refractivity contribution < 1.29 is 13.2 Å². The summed E-state index contributed by atoms with van der Waals surface area (Å²) in [7, 11) is -3.49. The van der Waals surface area contributed by atoms with Gasteiger partial charge in [0.2, 0.25) is 10.0 Å². The first-order valence-corrected chi connectivity index (χ1v) is 11.0. The van der Waals surface area contributed by atoms with Crippen LogP contribution >= 0.6 is 0 Å². The van der Waals surface area contributed by atoms with Crippen LogP contribution in [0.4, 0.5) is 0 Å². The molecule has 0 aliphatic carbocycles. The van der Waals surface area contributed by atoms with Crippen LogP contribution in [0.2, 0.25) is 0 Å². The summed E-state index contributed by atoms with van der Waals surface area (Å²) in [5.41, 5.74) is 0.500. The van der Waals surface area contributed by atoms with Crippen LogP contribution in [-0.2, 0) is 10.0 Å². The molecule has 0 bridgehead atoms. The van der Waals surface area contributed by atoms with Gasteiger partial charge in [-0.1, -0.05) is 20.8 Å². The normalized spacial score (nSPS) is 16.8. The maximum atomic E-state index is 12.5. The van der Waals surface area contributed by atoms with Gasteiger partial charge in [-0.3, -0.25) is 4.79 Å². The Morgan fingerprint density at radius 1 is 1.12 bits per heavy atom. The number of nitrogens with zero attached hydrogens (tertiary/aromatic N) is 2. The first-order chi connectivity index (χ1) is 12.4. The van der Waals surface area contributed by atoms with Gasteiger partial charge in [0.1, 0.15) is 0 Å². The summed E-state index contributed by atoms with van der Waals surface area (Å²) in [4.78, 5) is 15.1. The van der Waals surface area contributed by atoms with Crippen molar-refractivity contribution in [3.8, 4) is 0 Å². The lowest BCUT2D eigenvalue weighted by Crippen LogP contribution is -2.44. The zero-order chi connectivity index (χ0) is 19.2. The minimum atomic E-state index is -3.49. The van der Waals surface area contributed by atoms with E-state index in [0.717, 1.165) is 38.9 Å². The van der Waals surface area contributed by atoms with Crippen LogP contribution in [0.5, 0.6) is 0 Å². The van der Waals surface area contributed by atoms with Gasteiger partial charge in [-0.2, -0.15) is 4.31 Å². The number of likely N-dealkylation sites (tertiary alicyclic amines) is 1. The Hall–Kier alpha value is -1.44. The lowest BCUT2D eigenvalue weighted by Gasteiger charge is -2.32. The van der Waals surface area contributed by atoms with Crippen LogP contribution in [0.3, 0.4) is 0 Å². The highest BCUT2D eigenvalue weighted by atomic mass is 32.2. The van der Waals surface area contributed by atoms with E-state index in [1.54, 1.807) is 12.1 Å². The molecule has 2 rings (SSSR count). The SMILES string of the molecule is CCCN1CCC(NC(=O)c2ccc(S(=O)(=O)N(CC)CC)cc2)CC1. The summed E-state index contributed by atoms with van der Waals surface area (Å²) in [5, 5.41) is 3.08. The topological polar surface area (TPSA) is 69.7 Å². The predicted octanol–water partition coefficient (Wildman–Crippen LogP) is 2.32. The fraction of sp³-hybridized carbons (Fsp3) is 0.632. The molecule has 0 aromatic heterocycles. The van der Waals surface area contributed by atoms with Crippen LogP contribution in [-0.4, -0.2) is 62.3 Å². The average molecular weight is 382 g/mol. The highest BCUT2D eigenvalue weighted by molar-refractivity contribution is 7.89. The highest BCUT2D eigenvalue weighted by Crippen LogP contribution is 2.17. The van der Waals surface area contributed by atoms with Gasteiger partial charge in [0.05, 0.1) is 4.90 Å². The zero-order valence-corrected chi connectivity index (χ0v) is 16.9. The highest BCUT2D eigenvalue weighted by Gasteiger charge is 2.23. The molecule has 1 fully saturated rings. The standard InChI is InChI=1S/C19H31N3O3S/c1-4-13-21-14-11-17(12-15-21)20-19(23)16-7-9-18(10-8-16)26(24,25)22(5-2)6-3/h7-10,17H,4-6,11-15H2,1-3H3,(H,20,23). The minimum Gasteiger partial charge on any atom is -0.349 e. The van der Waals surface area contributed by atoms with Crippen LogP contribution in [0.1, 0.15) is 50.4 Å². The Kier molecular flexibility index (Phi) is 7.61. The Morgan fingerprint density at radius 2 is 1.69 bits per heavy atom. The fourth-order valence-corrected chi connectivity index (χ4v) is 4.83. The second-order valence-corrected chi connectivity index (χ2v) is 8.64. The smallest absolute Gasteiger partial charge is 0.251 e. The van der Waals surface area contributed by atoms with E-state index >= 15 is 0 Å². The minimum absolute atomic E-state index is 0.134. The first-order valence-electron chi connectivity index (χ1n) is 9.55. The largest absolute Gasteiger partial charge is 0.349 e. The van der Waals surface area contributed by atoms with E-state index in [1.165, 1.54) is 16.4 Å². The number of carbonyl (C=O) groups is 1. The van der Waals surface area contributed by atoms with Crippen molar-refractivity contribution in [2.24, 2.45) is 0 Å². The average Bonchev–Trinajstić information content (AvgIpc) is 2.64. The van der Waals surface area contributed by atoms with Crippen LogP contribution in [0.25, 0.3) is 0 Å². The van der Waals surface area contributed by atoms with Crippen molar-refractivity contribution >= 4 is 15.9 Å². The fourth-order valence-electron chi connectivity index (χ4n) is 3.38. The van der Waals surface area contributed by atoms with Crippen molar-refractivity contribution in [3.63, 3.8) is 0 Å². The second-order valence-electron chi connectivity index (χ2n) is 6.70. The van der Waals surface area contributed by atoms with Crippen LogP contribution < -0.4 is 5.32 Å². The molecule has 1 aromatic rings.